The zero-order chi connectivity index (χ0) is 10.5. The molecule has 0 saturated carbocycles. The maximum absolute atomic E-state index is 10.4. The number of aliphatic hydroxyl groups is 1. The van der Waals surface area contributed by atoms with E-state index < -0.39 is 0 Å². The van der Waals surface area contributed by atoms with Crippen molar-refractivity contribution in [2.24, 2.45) is 0 Å². The van der Waals surface area contributed by atoms with Crippen LogP contribution in [0.1, 0.15) is 46.5 Å². The van der Waals surface area contributed by atoms with Gasteiger partial charge >= 0.3 is 0 Å². The van der Waals surface area contributed by atoms with E-state index in [4.69, 9.17) is 5.11 Å². The van der Waals surface area contributed by atoms with E-state index in [1.807, 2.05) is 6.08 Å². The highest BCUT2D eigenvalue weighted by Crippen LogP contribution is 1.99. The van der Waals surface area contributed by atoms with E-state index in [9.17, 15) is 4.79 Å². The van der Waals surface area contributed by atoms with Gasteiger partial charge in [0.1, 0.15) is 0 Å². The molecule has 0 bridgehead atoms. The third kappa shape index (κ3) is 24.6. The lowest BCUT2D eigenvalue weighted by Crippen LogP contribution is -1.79. The topological polar surface area (TPSA) is 37.3 Å². The van der Waals surface area contributed by atoms with Crippen LogP contribution in [0.25, 0.3) is 0 Å². The Labute approximate surface area is 81.7 Å². The van der Waals surface area contributed by atoms with Gasteiger partial charge in [0, 0.05) is 6.61 Å². The summed E-state index contributed by atoms with van der Waals surface area (Å²) in [6.45, 7) is 5.69. The third-order valence-electron chi connectivity index (χ3n) is 1.33. The highest BCUT2D eigenvalue weighted by atomic mass is 16.2. The van der Waals surface area contributed by atoms with Crippen molar-refractivity contribution < 1.29 is 9.90 Å². The summed E-state index contributed by atoms with van der Waals surface area (Å²) in [4.78, 5) is 10.4. The molecule has 13 heavy (non-hydrogen) atoms. The van der Waals surface area contributed by atoms with Gasteiger partial charge in [-0.05, 0) is 32.8 Å². The molecule has 0 rings (SSSR count). The number of hydrogen-bond acceptors (Lipinski definition) is 2. The molecular weight excluding hydrogens is 164 g/mol. The number of carbonyl (C=O) groups excluding carboxylic acids is 1. The molecule has 2 heteroatoms. The van der Waals surface area contributed by atoms with E-state index in [0.717, 1.165) is 6.42 Å². The zero-order valence-electron chi connectivity index (χ0n) is 9.05. The van der Waals surface area contributed by atoms with Gasteiger partial charge in [-0.2, -0.15) is 0 Å². The maximum atomic E-state index is 10.4. The van der Waals surface area contributed by atoms with Gasteiger partial charge in [-0.1, -0.05) is 25.8 Å². The van der Waals surface area contributed by atoms with Gasteiger partial charge in [-0.15, -0.1) is 0 Å². The average Bonchev–Trinajstić information content (AvgIpc) is 2.05. The second-order valence-corrected chi connectivity index (χ2v) is 2.83. The monoisotopic (exact) mass is 186 g/mol. The van der Waals surface area contributed by atoms with Crippen LogP contribution in [0.4, 0.5) is 0 Å². The Morgan fingerprint density at radius 3 is 2.23 bits per heavy atom. The van der Waals surface area contributed by atoms with Crippen LogP contribution in [-0.4, -0.2) is 17.5 Å². The molecule has 0 unspecified atom stereocenters. The minimum absolute atomic E-state index is 0.150. The minimum Gasteiger partial charge on any atom is -0.397 e. The van der Waals surface area contributed by atoms with Crippen molar-refractivity contribution in [3.8, 4) is 0 Å². The van der Waals surface area contributed by atoms with Crippen molar-refractivity contribution in [1.29, 1.82) is 0 Å². The molecule has 0 amide bonds. The molecule has 1 N–H and O–H groups in total. The molecule has 0 aromatic rings. The SMILES string of the molecule is CCCCCC=CC(C)=O.CCO. The Morgan fingerprint density at radius 1 is 1.31 bits per heavy atom. The molecule has 0 spiro atoms. The van der Waals surface area contributed by atoms with E-state index in [1.54, 1.807) is 19.9 Å². The first-order valence-corrected chi connectivity index (χ1v) is 4.96. The predicted molar refractivity (Wildman–Crippen MR) is 56.7 cm³/mol. The molecule has 0 aliphatic carbocycles. The van der Waals surface area contributed by atoms with Crippen LogP contribution in [-0.2, 0) is 4.79 Å². The van der Waals surface area contributed by atoms with Crippen LogP contribution in [0, 0.1) is 0 Å². The van der Waals surface area contributed by atoms with Gasteiger partial charge in [0.2, 0.25) is 0 Å². The van der Waals surface area contributed by atoms with Crippen LogP contribution in [0.3, 0.4) is 0 Å². The standard InChI is InChI=1S/C9H16O.C2H6O/c1-3-4-5-6-7-8-9(2)10;1-2-3/h7-8H,3-6H2,1-2H3;3H,2H2,1H3. The first-order chi connectivity index (χ1) is 6.18. The number of aliphatic hydroxyl groups excluding tert-OH is 1. The van der Waals surface area contributed by atoms with Gasteiger partial charge < -0.3 is 5.11 Å². The Balaban J connectivity index is 0. The van der Waals surface area contributed by atoms with Gasteiger partial charge in [-0.3, -0.25) is 4.79 Å². The number of ketones is 1. The molecule has 0 aromatic heterocycles. The van der Waals surface area contributed by atoms with Gasteiger partial charge in [-0.25, -0.2) is 0 Å². The summed E-state index contributed by atoms with van der Waals surface area (Å²) in [6.07, 6.45) is 8.37. The minimum atomic E-state index is 0.150. The van der Waals surface area contributed by atoms with Gasteiger partial charge in [0.05, 0.1) is 0 Å². The number of allylic oxidation sites excluding steroid dienone is 2. The predicted octanol–water partition coefficient (Wildman–Crippen LogP) is 2.71. The molecule has 0 aromatic carbocycles. The fraction of sp³-hybridized carbons (Fsp3) is 0.727. The molecule has 2 nitrogen and oxygen atoms in total. The van der Waals surface area contributed by atoms with Crippen molar-refractivity contribution in [2.45, 2.75) is 46.5 Å². The molecule has 0 saturated heterocycles. The van der Waals surface area contributed by atoms with E-state index in [2.05, 4.69) is 6.92 Å². The number of unbranched alkanes of at least 4 members (excludes halogenated alkanes) is 3. The number of carbonyl (C=O) groups is 1. The molecule has 0 aliphatic heterocycles. The molecule has 0 aliphatic rings. The fourth-order valence-corrected chi connectivity index (χ4v) is 0.761. The van der Waals surface area contributed by atoms with Crippen LogP contribution in [0.15, 0.2) is 12.2 Å². The second-order valence-electron chi connectivity index (χ2n) is 2.83. The summed E-state index contributed by atoms with van der Waals surface area (Å²) in [5.41, 5.74) is 0. The van der Waals surface area contributed by atoms with Crippen molar-refractivity contribution in [3.63, 3.8) is 0 Å². The molecule has 0 heterocycles. The quantitative estimate of drug-likeness (QED) is 0.529. The van der Waals surface area contributed by atoms with Crippen LogP contribution >= 0.6 is 0 Å². The van der Waals surface area contributed by atoms with Gasteiger partial charge in [0.15, 0.2) is 5.78 Å². The Bertz CT molecular complexity index is 128. The lowest BCUT2D eigenvalue weighted by molar-refractivity contribution is -0.112. The largest absolute Gasteiger partial charge is 0.397 e. The Morgan fingerprint density at radius 2 is 1.85 bits per heavy atom. The third-order valence-corrected chi connectivity index (χ3v) is 1.33. The number of rotatable bonds is 5. The Kier molecular flexibility index (Phi) is 15.9. The summed E-state index contributed by atoms with van der Waals surface area (Å²) >= 11 is 0. The normalized spacial score (nSPS) is 9.54. The van der Waals surface area contributed by atoms with Crippen molar-refractivity contribution in [2.75, 3.05) is 6.61 Å². The smallest absolute Gasteiger partial charge is 0.152 e. The van der Waals surface area contributed by atoms with Crippen molar-refractivity contribution in [1.82, 2.24) is 0 Å². The average molecular weight is 186 g/mol. The second kappa shape index (κ2) is 13.9. The van der Waals surface area contributed by atoms with E-state index in [0.29, 0.717) is 0 Å². The lowest BCUT2D eigenvalue weighted by Gasteiger charge is -1.89. The summed E-state index contributed by atoms with van der Waals surface area (Å²) in [5, 5.41) is 7.57. The maximum Gasteiger partial charge on any atom is 0.152 e. The fourth-order valence-electron chi connectivity index (χ4n) is 0.761. The van der Waals surface area contributed by atoms with Gasteiger partial charge in [0.25, 0.3) is 0 Å². The highest BCUT2D eigenvalue weighted by Gasteiger charge is 1.83. The van der Waals surface area contributed by atoms with Crippen molar-refractivity contribution >= 4 is 5.78 Å². The van der Waals surface area contributed by atoms with E-state index >= 15 is 0 Å². The van der Waals surface area contributed by atoms with Crippen LogP contribution in [0.2, 0.25) is 0 Å². The zero-order valence-corrected chi connectivity index (χ0v) is 9.05. The first kappa shape index (κ1) is 14.9. The summed E-state index contributed by atoms with van der Waals surface area (Å²) in [7, 11) is 0. The van der Waals surface area contributed by atoms with Crippen LogP contribution in [0.5, 0.6) is 0 Å². The van der Waals surface area contributed by atoms with Crippen LogP contribution < -0.4 is 0 Å². The van der Waals surface area contributed by atoms with Crippen molar-refractivity contribution in [3.05, 3.63) is 12.2 Å². The molecule has 0 fully saturated rings. The van der Waals surface area contributed by atoms with E-state index in [1.165, 1.54) is 19.3 Å². The molecule has 0 radical (unpaired) electrons. The molecule has 78 valence electrons. The Hall–Kier alpha value is -0.630. The molecule has 0 atom stereocenters. The first-order valence-electron chi connectivity index (χ1n) is 4.96. The summed E-state index contributed by atoms with van der Waals surface area (Å²) in [5.74, 6) is 0.150. The lowest BCUT2D eigenvalue weighted by atomic mass is 10.2. The van der Waals surface area contributed by atoms with E-state index in [-0.39, 0.29) is 12.4 Å². The highest BCUT2D eigenvalue weighted by molar-refractivity contribution is 5.87. The molecular formula is C11H22O2. The summed E-state index contributed by atoms with van der Waals surface area (Å²) < 4.78 is 0. The summed E-state index contributed by atoms with van der Waals surface area (Å²) in [6, 6.07) is 0. The number of hydrogen-bond donors (Lipinski definition) is 1.